The molecule has 1 aromatic heterocycles. The molecule has 2 N–H and O–H groups in total. The Labute approximate surface area is 94.5 Å². The maximum absolute atomic E-state index is 9.94. The van der Waals surface area contributed by atoms with Crippen LogP contribution in [0.3, 0.4) is 0 Å². The normalized spacial score (nSPS) is 14.7. The molecule has 0 spiro atoms. The van der Waals surface area contributed by atoms with Gasteiger partial charge in [-0.3, -0.25) is 4.98 Å². The van der Waals surface area contributed by atoms with Crippen LogP contribution < -0.4 is 5.32 Å². The van der Waals surface area contributed by atoms with E-state index in [1.54, 1.807) is 24.2 Å². The molecule has 15 heavy (non-hydrogen) atoms. The molecule has 0 saturated heterocycles. The van der Waals surface area contributed by atoms with Gasteiger partial charge in [-0.25, -0.2) is 4.98 Å². The highest BCUT2D eigenvalue weighted by atomic mass is 32.2. The molecule has 0 amide bonds. The summed E-state index contributed by atoms with van der Waals surface area (Å²) in [5.74, 6) is 1.43. The van der Waals surface area contributed by atoms with Gasteiger partial charge in [0, 0.05) is 24.7 Å². The molecule has 0 fully saturated rings. The number of hydrogen-bond acceptors (Lipinski definition) is 5. The molecule has 0 aromatic carbocycles. The molecule has 0 saturated carbocycles. The molecule has 0 bridgehead atoms. The van der Waals surface area contributed by atoms with E-state index in [4.69, 9.17) is 0 Å². The predicted molar refractivity (Wildman–Crippen MR) is 64.3 cm³/mol. The van der Waals surface area contributed by atoms with E-state index < -0.39 is 5.60 Å². The maximum atomic E-state index is 9.94. The summed E-state index contributed by atoms with van der Waals surface area (Å²) in [5, 5.41) is 13.0. The first-order valence-electron chi connectivity index (χ1n) is 4.78. The van der Waals surface area contributed by atoms with E-state index in [1.807, 2.05) is 20.1 Å². The number of aromatic nitrogens is 2. The topological polar surface area (TPSA) is 58.0 Å². The summed E-state index contributed by atoms with van der Waals surface area (Å²) in [6.07, 6.45) is 5.27. The lowest BCUT2D eigenvalue weighted by Crippen LogP contribution is -2.36. The fraction of sp³-hybridized carbons (Fsp3) is 0.600. The molecule has 1 aromatic rings. The standard InChI is InChI=1S/C10H17N3OS/c1-8-9(12-5-4-11-8)13-6-10(2,14)7-15-3/h4-5,14H,6-7H2,1-3H3,(H,12,13). The Morgan fingerprint density at radius 1 is 1.47 bits per heavy atom. The highest BCUT2D eigenvalue weighted by molar-refractivity contribution is 7.98. The summed E-state index contributed by atoms with van der Waals surface area (Å²) in [5.41, 5.74) is 0.126. The van der Waals surface area contributed by atoms with E-state index in [0.29, 0.717) is 12.3 Å². The summed E-state index contributed by atoms with van der Waals surface area (Å²) in [6, 6.07) is 0. The van der Waals surface area contributed by atoms with Gasteiger partial charge in [0.2, 0.25) is 0 Å². The van der Waals surface area contributed by atoms with Gasteiger partial charge in [-0.15, -0.1) is 0 Å². The van der Waals surface area contributed by atoms with E-state index in [9.17, 15) is 5.11 Å². The van der Waals surface area contributed by atoms with Crippen molar-refractivity contribution in [2.45, 2.75) is 19.4 Å². The predicted octanol–water partition coefficient (Wildman–Crippen LogP) is 1.31. The van der Waals surface area contributed by atoms with E-state index in [0.717, 1.165) is 11.5 Å². The third kappa shape index (κ3) is 4.05. The van der Waals surface area contributed by atoms with Crippen molar-refractivity contribution < 1.29 is 5.11 Å². The molecular weight excluding hydrogens is 210 g/mol. The van der Waals surface area contributed by atoms with Gasteiger partial charge in [-0.05, 0) is 20.1 Å². The van der Waals surface area contributed by atoms with Crippen molar-refractivity contribution in [1.82, 2.24) is 9.97 Å². The molecule has 4 nitrogen and oxygen atoms in total. The zero-order chi connectivity index (χ0) is 11.3. The van der Waals surface area contributed by atoms with Gasteiger partial charge in [0.05, 0.1) is 11.3 Å². The lowest BCUT2D eigenvalue weighted by atomic mass is 10.1. The van der Waals surface area contributed by atoms with Crippen molar-refractivity contribution in [2.75, 3.05) is 23.9 Å². The molecule has 0 aliphatic carbocycles. The summed E-state index contributed by atoms with van der Waals surface area (Å²) >= 11 is 1.62. The van der Waals surface area contributed by atoms with Crippen LogP contribution in [0.25, 0.3) is 0 Å². The van der Waals surface area contributed by atoms with Crippen LogP contribution in [0.5, 0.6) is 0 Å². The zero-order valence-electron chi connectivity index (χ0n) is 9.32. The molecule has 84 valence electrons. The SMILES string of the molecule is CSCC(C)(O)CNc1nccnc1C. The van der Waals surface area contributed by atoms with E-state index >= 15 is 0 Å². The Hall–Kier alpha value is -0.810. The lowest BCUT2D eigenvalue weighted by molar-refractivity contribution is 0.0996. The third-order valence-electron chi connectivity index (χ3n) is 1.97. The minimum Gasteiger partial charge on any atom is -0.387 e. The van der Waals surface area contributed by atoms with Crippen molar-refractivity contribution in [3.8, 4) is 0 Å². The number of nitrogens with one attached hydrogen (secondary N) is 1. The smallest absolute Gasteiger partial charge is 0.147 e. The highest BCUT2D eigenvalue weighted by Gasteiger charge is 2.19. The van der Waals surface area contributed by atoms with Crippen molar-refractivity contribution in [3.05, 3.63) is 18.1 Å². The van der Waals surface area contributed by atoms with Crippen LogP contribution in [-0.2, 0) is 0 Å². The Morgan fingerprint density at radius 3 is 2.73 bits per heavy atom. The minimum atomic E-state index is -0.719. The van der Waals surface area contributed by atoms with Gasteiger partial charge in [-0.2, -0.15) is 11.8 Å². The van der Waals surface area contributed by atoms with Gasteiger partial charge in [0.1, 0.15) is 5.82 Å². The molecule has 5 heteroatoms. The van der Waals surface area contributed by atoms with Crippen LogP contribution in [0.1, 0.15) is 12.6 Å². The Kier molecular flexibility index (Phi) is 4.35. The van der Waals surface area contributed by atoms with Gasteiger partial charge < -0.3 is 10.4 Å². The van der Waals surface area contributed by atoms with Crippen LogP contribution >= 0.6 is 11.8 Å². The number of hydrogen-bond donors (Lipinski definition) is 2. The largest absolute Gasteiger partial charge is 0.387 e. The molecule has 1 atom stereocenters. The summed E-state index contributed by atoms with van der Waals surface area (Å²) < 4.78 is 0. The average Bonchev–Trinajstić information content (AvgIpc) is 2.16. The van der Waals surface area contributed by atoms with Gasteiger partial charge >= 0.3 is 0 Å². The van der Waals surface area contributed by atoms with Crippen molar-refractivity contribution >= 4 is 17.6 Å². The van der Waals surface area contributed by atoms with Crippen molar-refractivity contribution in [1.29, 1.82) is 0 Å². The summed E-state index contributed by atoms with van der Waals surface area (Å²) in [7, 11) is 0. The maximum Gasteiger partial charge on any atom is 0.147 e. The molecule has 0 radical (unpaired) electrons. The first kappa shape index (κ1) is 12.3. The van der Waals surface area contributed by atoms with Gasteiger partial charge in [0.15, 0.2) is 0 Å². The quantitative estimate of drug-likeness (QED) is 0.794. The minimum absolute atomic E-state index is 0.480. The second-order valence-corrected chi connectivity index (χ2v) is 4.64. The van der Waals surface area contributed by atoms with Crippen molar-refractivity contribution in [3.63, 3.8) is 0 Å². The number of thioether (sulfide) groups is 1. The Morgan fingerprint density at radius 2 is 2.13 bits per heavy atom. The third-order valence-corrected chi connectivity index (χ3v) is 2.88. The van der Waals surface area contributed by atoms with E-state index in [2.05, 4.69) is 15.3 Å². The average molecular weight is 227 g/mol. The fourth-order valence-corrected chi connectivity index (χ4v) is 1.94. The lowest BCUT2D eigenvalue weighted by Gasteiger charge is -2.23. The molecule has 0 aliphatic heterocycles. The second kappa shape index (κ2) is 5.32. The molecule has 1 heterocycles. The fourth-order valence-electron chi connectivity index (χ4n) is 1.22. The van der Waals surface area contributed by atoms with Crippen LogP contribution in [-0.4, -0.2) is 39.2 Å². The first-order chi connectivity index (χ1) is 7.05. The number of anilines is 1. The number of aryl methyl sites for hydroxylation is 1. The molecule has 1 rings (SSSR count). The Balaban J connectivity index is 2.53. The van der Waals surface area contributed by atoms with E-state index in [-0.39, 0.29) is 0 Å². The molecule has 1 unspecified atom stereocenters. The van der Waals surface area contributed by atoms with Crippen LogP contribution in [0.4, 0.5) is 5.82 Å². The van der Waals surface area contributed by atoms with Gasteiger partial charge in [-0.1, -0.05) is 0 Å². The monoisotopic (exact) mass is 227 g/mol. The van der Waals surface area contributed by atoms with Crippen LogP contribution in [0, 0.1) is 6.92 Å². The number of rotatable bonds is 5. The highest BCUT2D eigenvalue weighted by Crippen LogP contribution is 2.13. The second-order valence-electron chi connectivity index (χ2n) is 3.77. The molecular formula is C10H17N3OS. The summed E-state index contributed by atoms with van der Waals surface area (Å²) in [4.78, 5) is 8.26. The van der Waals surface area contributed by atoms with Crippen molar-refractivity contribution in [2.24, 2.45) is 0 Å². The van der Waals surface area contributed by atoms with Crippen LogP contribution in [0.2, 0.25) is 0 Å². The van der Waals surface area contributed by atoms with E-state index in [1.165, 1.54) is 0 Å². The van der Waals surface area contributed by atoms with Crippen LogP contribution in [0.15, 0.2) is 12.4 Å². The van der Waals surface area contributed by atoms with Gasteiger partial charge in [0.25, 0.3) is 0 Å². The zero-order valence-corrected chi connectivity index (χ0v) is 10.1. The number of aliphatic hydroxyl groups is 1. The first-order valence-corrected chi connectivity index (χ1v) is 6.17. The Bertz CT molecular complexity index is 317. The molecule has 0 aliphatic rings. The summed E-state index contributed by atoms with van der Waals surface area (Å²) in [6.45, 7) is 4.17. The number of nitrogens with zero attached hydrogens (tertiary/aromatic N) is 2.